The van der Waals surface area contributed by atoms with Crippen LogP contribution in [0.4, 0.5) is 5.69 Å². The SMILES string of the molecule is COc1ccc(N2CC(NC(=O)c3ccc(S(=O)(=O)N(C)C)cc3)CC2=O)cc1OC. The average Bonchev–Trinajstić information content (AvgIpc) is 3.12. The number of nitrogens with one attached hydrogen (secondary N) is 1. The van der Waals surface area contributed by atoms with Crippen molar-refractivity contribution in [1.82, 2.24) is 9.62 Å². The van der Waals surface area contributed by atoms with Crippen LogP contribution in [0.3, 0.4) is 0 Å². The number of hydrogen-bond donors (Lipinski definition) is 1. The minimum absolute atomic E-state index is 0.102. The maximum Gasteiger partial charge on any atom is 0.251 e. The van der Waals surface area contributed by atoms with E-state index in [9.17, 15) is 18.0 Å². The Bertz CT molecular complexity index is 1080. The lowest BCUT2D eigenvalue weighted by Gasteiger charge is -2.19. The molecule has 166 valence electrons. The molecule has 3 rings (SSSR count). The van der Waals surface area contributed by atoms with Gasteiger partial charge in [-0.1, -0.05) is 0 Å². The van der Waals surface area contributed by atoms with Gasteiger partial charge >= 0.3 is 0 Å². The number of methoxy groups -OCH3 is 2. The topological polar surface area (TPSA) is 105 Å². The number of anilines is 1. The van der Waals surface area contributed by atoms with E-state index in [0.29, 0.717) is 29.3 Å². The minimum atomic E-state index is -3.57. The molecule has 1 N–H and O–H groups in total. The molecule has 1 unspecified atom stereocenters. The molecule has 1 atom stereocenters. The van der Waals surface area contributed by atoms with E-state index in [-0.39, 0.29) is 29.2 Å². The van der Waals surface area contributed by atoms with Crippen LogP contribution in [0.1, 0.15) is 16.8 Å². The number of carbonyl (C=O) groups excluding carboxylic acids is 2. The number of sulfonamides is 1. The molecule has 0 aliphatic carbocycles. The predicted octanol–water partition coefficient (Wildman–Crippen LogP) is 1.49. The third-order valence-corrected chi connectivity index (χ3v) is 6.86. The Hall–Kier alpha value is -3.11. The van der Waals surface area contributed by atoms with Crippen molar-refractivity contribution in [1.29, 1.82) is 0 Å². The molecule has 10 heteroatoms. The van der Waals surface area contributed by atoms with Crippen LogP contribution in [0.2, 0.25) is 0 Å². The second kappa shape index (κ2) is 8.94. The molecule has 1 fully saturated rings. The molecule has 31 heavy (non-hydrogen) atoms. The maximum absolute atomic E-state index is 12.6. The first-order chi connectivity index (χ1) is 14.7. The summed E-state index contributed by atoms with van der Waals surface area (Å²) >= 11 is 0. The highest BCUT2D eigenvalue weighted by Gasteiger charge is 2.32. The van der Waals surface area contributed by atoms with Crippen LogP contribution in [0.25, 0.3) is 0 Å². The van der Waals surface area contributed by atoms with Gasteiger partial charge in [-0.25, -0.2) is 12.7 Å². The average molecular weight is 448 g/mol. The molecule has 2 aromatic carbocycles. The number of rotatable bonds is 7. The van der Waals surface area contributed by atoms with E-state index in [2.05, 4.69) is 5.32 Å². The van der Waals surface area contributed by atoms with E-state index in [1.807, 2.05) is 0 Å². The highest BCUT2D eigenvalue weighted by atomic mass is 32.2. The van der Waals surface area contributed by atoms with E-state index < -0.39 is 10.0 Å². The summed E-state index contributed by atoms with van der Waals surface area (Å²) in [5.41, 5.74) is 0.965. The van der Waals surface area contributed by atoms with Gasteiger partial charge in [-0.15, -0.1) is 0 Å². The van der Waals surface area contributed by atoms with Gasteiger partial charge in [0.05, 0.1) is 25.2 Å². The van der Waals surface area contributed by atoms with Gasteiger partial charge < -0.3 is 19.7 Å². The van der Waals surface area contributed by atoms with Gasteiger partial charge in [-0.2, -0.15) is 0 Å². The van der Waals surface area contributed by atoms with Crippen LogP contribution in [-0.4, -0.2) is 65.4 Å². The lowest BCUT2D eigenvalue weighted by Crippen LogP contribution is -2.37. The van der Waals surface area contributed by atoms with Crippen molar-refractivity contribution < 1.29 is 27.5 Å². The van der Waals surface area contributed by atoms with Gasteiger partial charge in [-0.05, 0) is 36.4 Å². The van der Waals surface area contributed by atoms with Crippen molar-refractivity contribution in [2.45, 2.75) is 17.4 Å². The van der Waals surface area contributed by atoms with Crippen molar-refractivity contribution in [2.75, 3.05) is 39.8 Å². The molecule has 2 aromatic rings. The van der Waals surface area contributed by atoms with Gasteiger partial charge in [0.2, 0.25) is 15.9 Å². The summed E-state index contributed by atoms with van der Waals surface area (Å²) in [6.07, 6.45) is 0.160. The van der Waals surface area contributed by atoms with E-state index in [4.69, 9.17) is 9.47 Å². The van der Waals surface area contributed by atoms with Crippen molar-refractivity contribution >= 4 is 27.5 Å². The second-order valence-corrected chi connectivity index (χ2v) is 9.38. The molecule has 9 nitrogen and oxygen atoms in total. The Kier molecular flexibility index (Phi) is 6.51. The molecule has 2 amide bonds. The quantitative estimate of drug-likeness (QED) is 0.690. The number of hydrogen-bond acceptors (Lipinski definition) is 6. The Morgan fingerprint density at radius 3 is 2.29 bits per heavy atom. The third-order valence-electron chi connectivity index (χ3n) is 5.03. The Labute approximate surface area is 181 Å². The zero-order chi connectivity index (χ0) is 22.8. The van der Waals surface area contributed by atoms with Gasteiger partial charge in [-0.3, -0.25) is 9.59 Å². The molecule has 0 spiro atoms. The fourth-order valence-electron chi connectivity index (χ4n) is 3.30. The van der Waals surface area contributed by atoms with Gasteiger partial charge in [0, 0.05) is 44.4 Å². The molecule has 1 aliphatic rings. The second-order valence-electron chi connectivity index (χ2n) is 7.23. The van der Waals surface area contributed by atoms with E-state index in [1.54, 1.807) is 23.1 Å². The smallest absolute Gasteiger partial charge is 0.251 e. The summed E-state index contributed by atoms with van der Waals surface area (Å²) in [5, 5.41) is 2.84. The van der Waals surface area contributed by atoms with Crippen molar-refractivity contribution in [3.8, 4) is 11.5 Å². The number of carbonyl (C=O) groups is 2. The van der Waals surface area contributed by atoms with Crippen LogP contribution in [-0.2, 0) is 14.8 Å². The number of ether oxygens (including phenoxy) is 2. The molecule has 1 aliphatic heterocycles. The fourth-order valence-corrected chi connectivity index (χ4v) is 4.21. The monoisotopic (exact) mass is 447 g/mol. The molecule has 0 saturated carbocycles. The first kappa shape index (κ1) is 22.6. The Morgan fingerprint density at radius 2 is 1.71 bits per heavy atom. The molecule has 1 saturated heterocycles. The highest BCUT2D eigenvalue weighted by molar-refractivity contribution is 7.89. The molecule has 0 bridgehead atoms. The Morgan fingerprint density at radius 1 is 1.06 bits per heavy atom. The Balaban J connectivity index is 1.69. The summed E-state index contributed by atoms with van der Waals surface area (Å²) in [7, 11) is 2.37. The van der Waals surface area contributed by atoms with E-state index in [1.165, 1.54) is 52.6 Å². The van der Waals surface area contributed by atoms with E-state index in [0.717, 1.165) is 4.31 Å². The van der Waals surface area contributed by atoms with Crippen molar-refractivity contribution in [3.63, 3.8) is 0 Å². The van der Waals surface area contributed by atoms with Crippen LogP contribution in [0.15, 0.2) is 47.4 Å². The van der Waals surface area contributed by atoms with Gasteiger partial charge in [0.25, 0.3) is 5.91 Å². The number of nitrogens with zero attached hydrogens (tertiary/aromatic N) is 2. The highest BCUT2D eigenvalue weighted by Crippen LogP contribution is 2.33. The fraction of sp³-hybridized carbons (Fsp3) is 0.333. The minimum Gasteiger partial charge on any atom is -0.493 e. The van der Waals surface area contributed by atoms with Crippen molar-refractivity contribution in [3.05, 3.63) is 48.0 Å². The summed E-state index contributed by atoms with van der Waals surface area (Å²) in [5.74, 6) is 0.571. The largest absolute Gasteiger partial charge is 0.493 e. The molecule has 0 aromatic heterocycles. The van der Waals surface area contributed by atoms with E-state index >= 15 is 0 Å². The summed E-state index contributed by atoms with van der Waals surface area (Å²) in [4.78, 5) is 26.8. The van der Waals surface area contributed by atoms with Crippen LogP contribution < -0.4 is 19.7 Å². The molecular weight excluding hydrogens is 422 g/mol. The maximum atomic E-state index is 12.6. The van der Waals surface area contributed by atoms with Crippen molar-refractivity contribution in [2.24, 2.45) is 0 Å². The number of benzene rings is 2. The van der Waals surface area contributed by atoms with Crippen LogP contribution >= 0.6 is 0 Å². The first-order valence-electron chi connectivity index (χ1n) is 9.53. The summed E-state index contributed by atoms with van der Waals surface area (Å²) in [6.45, 7) is 0.313. The van der Waals surface area contributed by atoms with Gasteiger partial charge in [0.15, 0.2) is 11.5 Å². The normalized spacial score (nSPS) is 16.5. The first-order valence-corrected chi connectivity index (χ1v) is 11.0. The van der Waals surface area contributed by atoms with Crippen LogP contribution in [0, 0.1) is 0 Å². The zero-order valence-electron chi connectivity index (χ0n) is 17.8. The van der Waals surface area contributed by atoms with Gasteiger partial charge in [0.1, 0.15) is 0 Å². The lowest BCUT2D eigenvalue weighted by molar-refractivity contribution is -0.117. The standard InChI is InChI=1S/C21H25N3O6S/c1-23(2)31(27,28)17-8-5-14(6-9-17)21(26)22-15-11-20(25)24(13-15)16-7-10-18(29-3)19(12-16)30-4/h5-10,12,15H,11,13H2,1-4H3,(H,22,26). The summed E-state index contributed by atoms with van der Waals surface area (Å²) in [6, 6.07) is 10.5. The summed E-state index contributed by atoms with van der Waals surface area (Å²) < 4.78 is 35.9. The third kappa shape index (κ3) is 4.64. The molecular formula is C21H25N3O6S. The zero-order valence-corrected chi connectivity index (χ0v) is 18.6. The molecule has 1 heterocycles. The molecule has 0 radical (unpaired) electrons. The predicted molar refractivity (Wildman–Crippen MR) is 115 cm³/mol. The lowest BCUT2D eigenvalue weighted by atomic mass is 10.2. The van der Waals surface area contributed by atoms with Crippen LogP contribution in [0.5, 0.6) is 11.5 Å². The number of amides is 2.